The summed E-state index contributed by atoms with van der Waals surface area (Å²) in [6, 6.07) is 13.5. The van der Waals surface area contributed by atoms with Crippen molar-refractivity contribution < 1.29 is 24.2 Å². The Hall–Kier alpha value is -2.05. The second-order valence-corrected chi connectivity index (χ2v) is 7.02. The number of Topliss-reactive ketones (excluding diaryl/α,β-unsaturated/α-hetero) is 1. The van der Waals surface area contributed by atoms with E-state index in [1.54, 1.807) is 48.5 Å². The number of hydrogen-bond acceptors (Lipinski definition) is 4. The molecule has 0 saturated carbocycles. The number of hydrogen-bond donors (Lipinski definition) is 1. The van der Waals surface area contributed by atoms with Gasteiger partial charge in [-0.1, -0.05) is 11.6 Å². The molecule has 0 saturated heterocycles. The fourth-order valence-corrected chi connectivity index (χ4v) is 2.70. The molecule has 1 unspecified atom stereocenters. The van der Waals surface area contributed by atoms with E-state index in [1.165, 1.54) is 13.8 Å². The standard InChI is InChI=1S/C18H16BrClO5/c1-18(2,17(22)23)15(21)16(19)25-14-9-7-13(8-10-14)24-12-5-3-11(20)4-6-12/h3-10,16H,1-2H3,(H,22,23). The maximum absolute atomic E-state index is 12.2. The van der Waals surface area contributed by atoms with E-state index >= 15 is 0 Å². The third-order valence-corrected chi connectivity index (χ3v) is 4.32. The van der Waals surface area contributed by atoms with E-state index in [0.717, 1.165) is 0 Å². The number of carboxylic acid groups (broad SMARTS) is 1. The van der Waals surface area contributed by atoms with E-state index < -0.39 is 22.2 Å². The topological polar surface area (TPSA) is 72.8 Å². The molecule has 0 heterocycles. The van der Waals surface area contributed by atoms with E-state index in [4.69, 9.17) is 26.2 Å². The maximum atomic E-state index is 12.2. The number of benzene rings is 2. The van der Waals surface area contributed by atoms with Gasteiger partial charge in [-0.2, -0.15) is 0 Å². The number of halogens is 2. The lowest BCUT2D eigenvalue weighted by Crippen LogP contribution is -2.40. The molecule has 0 amide bonds. The van der Waals surface area contributed by atoms with Crippen LogP contribution in [0.25, 0.3) is 0 Å². The van der Waals surface area contributed by atoms with Crippen LogP contribution in [0, 0.1) is 5.41 Å². The van der Waals surface area contributed by atoms with Crippen LogP contribution >= 0.6 is 27.5 Å². The smallest absolute Gasteiger partial charge is 0.316 e. The van der Waals surface area contributed by atoms with Crippen molar-refractivity contribution in [2.45, 2.75) is 18.9 Å². The Morgan fingerprint density at radius 3 is 1.92 bits per heavy atom. The molecule has 5 nitrogen and oxygen atoms in total. The monoisotopic (exact) mass is 426 g/mol. The molecule has 0 aliphatic carbocycles. The van der Waals surface area contributed by atoms with Gasteiger partial charge < -0.3 is 14.6 Å². The predicted molar refractivity (Wildman–Crippen MR) is 97.7 cm³/mol. The minimum Gasteiger partial charge on any atom is -0.481 e. The van der Waals surface area contributed by atoms with Gasteiger partial charge in [-0.15, -0.1) is 0 Å². The van der Waals surface area contributed by atoms with Crippen molar-refractivity contribution in [3.05, 3.63) is 53.6 Å². The molecule has 1 N–H and O–H groups in total. The molecule has 0 radical (unpaired) electrons. The zero-order valence-electron chi connectivity index (χ0n) is 13.5. The zero-order chi connectivity index (χ0) is 18.6. The molecule has 2 aromatic rings. The molecule has 2 rings (SSSR count). The quantitative estimate of drug-likeness (QED) is 0.502. The van der Waals surface area contributed by atoms with Gasteiger partial charge in [0.05, 0.1) is 0 Å². The number of rotatable bonds is 7. The lowest BCUT2D eigenvalue weighted by molar-refractivity contribution is -0.153. The summed E-state index contributed by atoms with van der Waals surface area (Å²) in [4.78, 5) is 23.3. The predicted octanol–water partition coefficient (Wildman–Crippen LogP) is 4.91. The molecule has 0 aliphatic heterocycles. The molecule has 1 atom stereocenters. The van der Waals surface area contributed by atoms with Gasteiger partial charge in [0.15, 0.2) is 0 Å². The first-order valence-electron chi connectivity index (χ1n) is 7.32. The summed E-state index contributed by atoms with van der Waals surface area (Å²) in [6.07, 6.45) is 0. The Morgan fingerprint density at radius 1 is 1.00 bits per heavy atom. The minimum atomic E-state index is -1.55. The summed E-state index contributed by atoms with van der Waals surface area (Å²) in [5, 5.41) is 8.65. The Kier molecular flexibility index (Phi) is 6.08. The Labute approximate surface area is 158 Å². The van der Waals surface area contributed by atoms with Crippen molar-refractivity contribution in [1.82, 2.24) is 0 Å². The lowest BCUT2D eigenvalue weighted by Gasteiger charge is -2.21. The van der Waals surface area contributed by atoms with Gasteiger partial charge in [-0.05, 0) is 78.3 Å². The Balaban J connectivity index is 2.01. The lowest BCUT2D eigenvalue weighted by atomic mass is 9.89. The first-order chi connectivity index (χ1) is 11.7. The zero-order valence-corrected chi connectivity index (χ0v) is 15.9. The number of ketones is 1. The largest absolute Gasteiger partial charge is 0.481 e. The SMILES string of the molecule is CC(C)(C(=O)O)C(=O)C(Br)Oc1ccc(Oc2ccc(Cl)cc2)cc1. The normalized spacial score (nSPS) is 12.3. The number of alkyl halides is 1. The third-order valence-electron chi connectivity index (χ3n) is 3.47. The summed E-state index contributed by atoms with van der Waals surface area (Å²) in [5.41, 5.74) is -1.55. The first kappa shape index (κ1) is 19.3. The van der Waals surface area contributed by atoms with Crippen LogP contribution in [-0.2, 0) is 9.59 Å². The van der Waals surface area contributed by atoms with Gasteiger partial charge in [0.2, 0.25) is 10.8 Å². The van der Waals surface area contributed by atoms with Crippen LogP contribution in [0.2, 0.25) is 5.02 Å². The van der Waals surface area contributed by atoms with Gasteiger partial charge in [-0.3, -0.25) is 9.59 Å². The van der Waals surface area contributed by atoms with Crippen LogP contribution < -0.4 is 9.47 Å². The Bertz CT molecular complexity index is 756. The van der Waals surface area contributed by atoms with Crippen LogP contribution in [-0.4, -0.2) is 21.9 Å². The van der Waals surface area contributed by atoms with Gasteiger partial charge in [0.25, 0.3) is 0 Å². The van der Waals surface area contributed by atoms with Crippen LogP contribution in [0.3, 0.4) is 0 Å². The van der Waals surface area contributed by atoms with Gasteiger partial charge in [0, 0.05) is 5.02 Å². The van der Waals surface area contributed by atoms with E-state index in [0.29, 0.717) is 22.3 Å². The number of ether oxygens (including phenoxy) is 2. The average molecular weight is 428 g/mol. The summed E-state index contributed by atoms with van der Waals surface area (Å²) in [6.45, 7) is 2.66. The molecule has 0 fully saturated rings. The van der Waals surface area contributed by atoms with E-state index in [9.17, 15) is 9.59 Å². The highest BCUT2D eigenvalue weighted by atomic mass is 79.9. The van der Waals surface area contributed by atoms with Crippen molar-refractivity contribution in [3.63, 3.8) is 0 Å². The fourth-order valence-electron chi connectivity index (χ4n) is 1.79. The number of aliphatic carboxylic acids is 1. The summed E-state index contributed by atoms with van der Waals surface area (Å²) >= 11 is 8.90. The van der Waals surface area contributed by atoms with Crippen molar-refractivity contribution in [1.29, 1.82) is 0 Å². The van der Waals surface area contributed by atoms with Gasteiger partial charge in [0.1, 0.15) is 22.7 Å². The molecular formula is C18H16BrClO5. The van der Waals surface area contributed by atoms with E-state index in [-0.39, 0.29) is 0 Å². The molecule has 2 aromatic carbocycles. The van der Waals surface area contributed by atoms with Crippen molar-refractivity contribution >= 4 is 39.3 Å². The van der Waals surface area contributed by atoms with Crippen LogP contribution in [0.5, 0.6) is 17.2 Å². The summed E-state index contributed by atoms with van der Waals surface area (Å²) < 4.78 is 11.1. The molecule has 0 aromatic heterocycles. The number of carboxylic acids is 1. The third kappa shape index (κ3) is 4.96. The second-order valence-electron chi connectivity index (χ2n) is 5.76. The highest BCUT2D eigenvalue weighted by Crippen LogP contribution is 2.28. The minimum absolute atomic E-state index is 0.403. The maximum Gasteiger partial charge on any atom is 0.316 e. The van der Waals surface area contributed by atoms with Gasteiger partial charge in [-0.25, -0.2) is 0 Å². The molecule has 0 aliphatic rings. The number of carbonyl (C=O) groups is 2. The fraction of sp³-hybridized carbons (Fsp3) is 0.222. The second kappa shape index (κ2) is 7.89. The summed E-state index contributed by atoms with van der Waals surface area (Å²) in [5.74, 6) is -0.175. The van der Waals surface area contributed by atoms with Crippen molar-refractivity contribution in [3.8, 4) is 17.2 Å². The molecular weight excluding hydrogens is 412 g/mol. The molecule has 0 spiro atoms. The number of carbonyl (C=O) groups excluding carboxylic acids is 1. The van der Waals surface area contributed by atoms with Crippen LogP contribution in [0.15, 0.2) is 48.5 Å². The Morgan fingerprint density at radius 2 is 1.44 bits per heavy atom. The van der Waals surface area contributed by atoms with Crippen LogP contribution in [0.1, 0.15) is 13.8 Å². The first-order valence-corrected chi connectivity index (χ1v) is 8.61. The van der Waals surface area contributed by atoms with Crippen molar-refractivity contribution in [2.24, 2.45) is 5.41 Å². The van der Waals surface area contributed by atoms with Gasteiger partial charge >= 0.3 is 5.97 Å². The highest BCUT2D eigenvalue weighted by molar-refractivity contribution is 9.09. The molecule has 25 heavy (non-hydrogen) atoms. The van der Waals surface area contributed by atoms with Crippen LogP contribution in [0.4, 0.5) is 0 Å². The molecule has 132 valence electrons. The average Bonchev–Trinajstić information content (AvgIpc) is 2.57. The molecule has 7 heteroatoms. The van der Waals surface area contributed by atoms with E-state index in [2.05, 4.69) is 15.9 Å². The highest BCUT2D eigenvalue weighted by Gasteiger charge is 2.40. The summed E-state index contributed by atoms with van der Waals surface area (Å²) in [7, 11) is 0. The van der Waals surface area contributed by atoms with Crippen molar-refractivity contribution in [2.75, 3.05) is 0 Å². The van der Waals surface area contributed by atoms with E-state index in [1.807, 2.05) is 0 Å². The molecule has 0 bridgehead atoms.